The number of hydrogen-bond acceptors (Lipinski definition) is 5. The van der Waals surface area contributed by atoms with Crippen LogP contribution in [-0.4, -0.2) is 30.1 Å². The van der Waals surface area contributed by atoms with Gasteiger partial charge in [-0.2, -0.15) is 0 Å². The van der Waals surface area contributed by atoms with Crippen LogP contribution in [0.1, 0.15) is 54.4 Å². The van der Waals surface area contributed by atoms with Crippen molar-refractivity contribution < 1.29 is 0 Å². The molecule has 0 unspecified atom stereocenters. The highest BCUT2D eigenvalue weighted by Gasteiger charge is 2.26. The van der Waals surface area contributed by atoms with Crippen molar-refractivity contribution in [3.63, 3.8) is 0 Å². The minimum atomic E-state index is -0.0732. The zero-order valence-corrected chi connectivity index (χ0v) is 21.3. The quantitative estimate of drug-likeness (QED) is 0.287. The van der Waals surface area contributed by atoms with Crippen LogP contribution in [0.15, 0.2) is 89.7 Å². The summed E-state index contributed by atoms with van der Waals surface area (Å²) in [7, 11) is 0. The third-order valence-electron chi connectivity index (χ3n) is 6.86. The average molecular weight is 493 g/mol. The molecular weight excluding hydrogens is 460 g/mol. The van der Waals surface area contributed by atoms with Gasteiger partial charge in [0.1, 0.15) is 0 Å². The first-order valence-electron chi connectivity index (χ1n) is 12.9. The van der Waals surface area contributed by atoms with Gasteiger partial charge < -0.3 is 4.98 Å². The monoisotopic (exact) mass is 492 g/mol. The van der Waals surface area contributed by atoms with Crippen LogP contribution in [0.5, 0.6) is 0 Å². The highest BCUT2D eigenvalue weighted by molar-refractivity contribution is 5.79. The lowest BCUT2D eigenvalue weighted by Gasteiger charge is -2.30. The number of aromatic nitrogens is 5. The molecule has 7 nitrogen and oxygen atoms in total. The molecule has 0 amide bonds. The zero-order chi connectivity index (χ0) is 25.6. The molecule has 1 atom stereocenters. The van der Waals surface area contributed by atoms with Gasteiger partial charge in [-0.25, -0.2) is 4.68 Å². The standard InChI is InChI=1S/C30H32N6O/c1-3-22-15-16-27-25(17-22)18-26(30(37)31-27)21-35(19-23-11-7-5-8-12-23)28(4-2)29-32-33-34-36(29)20-24-13-9-6-10-14-24/h5-18,28H,3-4,19-21H2,1-2H3,(H,31,37)/t28-/m0/s1. The largest absolute Gasteiger partial charge is 0.322 e. The van der Waals surface area contributed by atoms with Gasteiger partial charge in [0.15, 0.2) is 5.82 Å². The fourth-order valence-corrected chi connectivity index (χ4v) is 4.87. The first kappa shape index (κ1) is 24.6. The molecule has 2 heterocycles. The van der Waals surface area contributed by atoms with E-state index in [4.69, 9.17) is 0 Å². The molecule has 0 saturated heterocycles. The van der Waals surface area contributed by atoms with E-state index in [1.54, 1.807) is 0 Å². The Balaban J connectivity index is 1.52. The third kappa shape index (κ3) is 5.67. The second-order valence-corrected chi connectivity index (χ2v) is 9.39. The molecule has 5 aromatic rings. The number of pyridine rings is 1. The summed E-state index contributed by atoms with van der Waals surface area (Å²) >= 11 is 0. The van der Waals surface area contributed by atoms with Crippen LogP contribution in [0.3, 0.4) is 0 Å². The van der Waals surface area contributed by atoms with Crippen LogP contribution in [-0.2, 0) is 26.1 Å². The third-order valence-corrected chi connectivity index (χ3v) is 6.86. The number of benzene rings is 3. The van der Waals surface area contributed by atoms with Crippen molar-refractivity contribution in [3.8, 4) is 0 Å². The van der Waals surface area contributed by atoms with Crippen LogP contribution in [0, 0.1) is 0 Å². The number of tetrazole rings is 1. The molecule has 0 saturated carbocycles. The average Bonchev–Trinajstić information content (AvgIpc) is 3.38. The van der Waals surface area contributed by atoms with Gasteiger partial charge in [0.2, 0.25) is 0 Å². The molecule has 0 radical (unpaired) electrons. The van der Waals surface area contributed by atoms with E-state index in [1.165, 1.54) is 11.1 Å². The molecule has 0 aliphatic heterocycles. The summed E-state index contributed by atoms with van der Waals surface area (Å²) in [6, 6.07) is 28.7. The van der Waals surface area contributed by atoms with Crippen molar-refractivity contribution in [1.82, 2.24) is 30.1 Å². The Morgan fingerprint density at radius 3 is 2.30 bits per heavy atom. The lowest BCUT2D eigenvalue weighted by Crippen LogP contribution is -2.32. The Hall–Kier alpha value is -4.10. The lowest BCUT2D eigenvalue weighted by molar-refractivity contribution is 0.161. The molecule has 37 heavy (non-hydrogen) atoms. The van der Waals surface area contributed by atoms with E-state index in [9.17, 15) is 4.79 Å². The Bertz CT molecular complexity index is 1510. The Morgan fingerprint density at radius 1 is 0.865 bits per heavy atom. The molecule has 0 aliphatic rings. The van der Waals surface area contributed by atoms with E-state index in [-0.39, 0.29) is 11.6 Å². The normalized spacial score (nSPS) is 12.3. The van der Waals surface area contributed by atoms with E-state index < -0.39 is 0 Å². The predicted molar refractivity (Wildman–Crippen MR) is 146 cm³/mol. The number of nitrogens with one attached hydrogen (secondary N) is 1. The fourth-order valence-electron chi connectivity index (χ4n) is 4.87. The summed E-state index contributed by atoms with van der Waals surface area (Å²) in [5.41, 5.74) is 5.09. The van der Waals surface area contributed by atoms with Crippen LogP contribution in [0.25, 0.3) is 10.9 Å². The topological polar surface area (TPSA) is 79.7 Å². The molecule has 188 valence electrons. The Kier molecular flexibility index (Phi) is 7.51. The minimum absolute atomic E-state index is 0.0615. The number of H-pyrrole nitrogens is 1. The van der Waals surface area contributed by atoms with Gasteiger partial charge in [0.25, 0.3) is 5.56 Å². The van der Waals surface area contributed by atoms with Gasteiger partial charge in [-0.1, -0.05) is 80.6 Å². The molecule has 0 bridgehead atoms. The molecule has 1 N–H and O–H groups in total. The van der Waals surface area contributed by atoms with E-state index in [2.05, 4.69) is 75.7 Å². The second-order valence-electron chi connectivity index (χ2n) is 9.39. The molecule has 0 aliphatic carbocycles. The molecule has 7 heteroatoms. The summed E-state index contributed by atoms with van der Waals surface area (Å²) in [5.74, 6) is 0.799. The highest BCUT2D eigenvalue weighted by atomic mass is 16.1. The van der Waals surface area contributed by atoms with Crippen molar-refractivity contribution in [3.05, 3.63) is 123 Å². The van der Waals surface area contributed by atoms with Crippen molar-refractivity contribution >= 4 is 10.9 Å². The number of hydrogen-bond donors (Lipinski definition) is 1. The first-order valence-corrected chi connectivity index (χ1v) is 12.9. The number of fused-ring (bicyclic) bond motifs is 1. The maximum absolute atomic E-state index is 13.2. The van der Waals surface area contributed by atoms with Crippen molar-refractivity contribution in [2.75, 3.05) is 0 Å². The van der Waals surface area contributed by atoms with Gasteiger partial charge in [-0.15, -0.1) is 5.10 Å². The zero-order valence-electron chi connectivity index (χ0n) is 21.3. The molecule has 0 fully saturated rings. The molecule has 3 aromatic carbocycles. The van der Waals surface area contributed by atoms with E-state index in [1.807, 2.05) is 53.2 Å². The molecule has 5 rings (SSSR count). The molecular formula is C30H32N6O. The SMILES string of the molecule is CCc1ccc2[nH]c(=O)c(CN(Cc3ccccc3)[C@@H](CC)c3nnnn3Cc3ccccc3)cc2c1. The lowest BCUT2D eigenvalue weighted by atomic mass is 10.1. The van der Waals surface area contributed by atoms with Crippen LogP contribution in [0.4, 0.5) is 0 Å². The van der Waals surface area contributed by atoms with Gasteiger partial charge >= 0.3 is 0 Å². The minimum Gasteiger partial charge on any atom is -0.322 e. The van der Waals surface area contributed by atoms with Gasteiger partial charge in [-0.3, -0.25) is 9.69 Å². The number of aryl methyl sites for hydroxylation is 1. The van der Waals surface area contributed by atoms with Gasteiger partial charge in [0, 0.05) is 24.2 Å². The van der Waals surface area contributed by atoms with Gasteiger partial charge in [-0.05, 0) is 63.5 Å². The van der Waals surface area contributed by atoms with Crippen molar-refractivity contribution in [1.29, 1.82) is 0 Å². The Morgan fingerprint density at radius 2 is 1.59 bits per heavy atom. The number of nitrogens with zero attached hydrogens (tertiary/aromatic N) is 5. The predicted octanol–water partition coefficient (Wildman–Crippen LogP) is 5.28. The maximum atomic E-state index is 13.2. The van der Waals surface area contributed by atoms with Gasteiger partial charge in [0.05, 0.1) is 12.6 Å². The molecule has 2 aromatic heterocycles. The number of aromatic amines is 1. The van der Waals surface area contributed by atoms with E-state index in [0.29, 0.717) is 19.6 Å². The fraction of sp³-hybridized carbons (Fsp3) is 0.267. The van der Waals surface area contributed by atoms with E-state index >= 15 is 0 Å². The summed E-state index contributed by atoms with van der Waals surface area (Å²) < 4.78 is 1.87. The van der Waals surface area contributed by atoms with Crippen molar-refractivity contribution in [2.45, 2.75) is 52.4 Å². The molecule has 0 spiro atoms. The summed E-state index contributed by atoms with van der Waals surface area (Å²) in [5, 5.41) is 13.9. The summed E-state index contributed by atoms with van der Waals surface area (Å²) in [6.45, 7) is 6.02. The summed E-state index contributed by atoms with van der Waals surface area (Å²) in [6.07, 6.45) is 1.75. The number of rotatable bonds is 10. The van der Waals surface area contributed by atoms with Crippen LogP contribution >= 0.6 is 0 Å². The van der Waals surface area contributed by atoms with Crippen molar-refractivity contribution in [2.24, 2.45) is 0 Å². The van der Waals surface area contributed by atoms with E-state index in [0.717, 1.165) is 40.7 Å². The van der Waals surface area contributed by atoms with Crippen LogP contribution < -0.4 is 5.56 Å². The second kappa shape index (κ2) is 11.3. The maximum Gasteiger partial charge on any atom is 0.252 e. The Labute approximate surface area is 216 Å². The first-order chi connectivity index (χ1) is 18.1. The smallest absolute Gasteiger partial charge is 0.252 e. The highest BCUT2D eigenvalue weighted by Crippen LogP contribution is 2.27. The summed E-state index contributed by atoms with van der Waals surface area (Å²) in [4.78, 5) is 18.5. The van der Waals surface area contributed by atoms with Crippen LogP contribution in [0.2, 0.25) is 0 Å².